The first-order valence-electron chi connectivity index (χ1n) is 9.04. The average Bonchev–Trinajstić information content (AvgIpc) is 2.66. The fourth-order valence-electron chi connectivity index (χ4n) is 3.51. The summed E-state index contributed by atoms with van der Waals surface area (Å²) in [5, 5.41) is 12.6. The number of aliphatic hydroxyl groups is 1. The van der Waals surface area contributed by atoms with Crippen LogP contribution in [-0.4, -0.2) is 60.8 Å². The van der Waals surface area contributed by atoms with Gasteiger partial charge in [-0.2, -0.15) is 0 Å². The summed E-state index contributed by atoms with van der Waals surface area (Å²) in [6.45, 7) is 6.53. The molecule has 1 fully saturated rings. The summed E-state index contributed by atoms with van der Waals surface area (Å²) in [7, 11) is 0. The third-order valence-corrected chi connectivity index (χ3v) is 6.17. The molecule has 0 radical (unpaired) electrons. The van der Waals surface area contributed by atoms with E-state index < -0.39 is 0 Å². The predicted octanol–water partition coefficient (Wildman–Crippen LogP) is 3.05. The number of hydrogen-bond donors (Lipinski definition) is 2. The second-order valence-corrected chi connectivity index (χ2v) is 7.79. The van der Waals surface area contributed by atoms with Gasteiger partial charge in [0, 0.05) is 49.1 Å². The maximum atomic E-state index is 9.03. The highest BCUT2D eigenvalue weighted by Gasteiger charge is 2.17. The van der Waals surface area contributed by atoms with Gasteiger partial charge in [-0.15, -0.1) is 0 Å². The van der Waals surface area contributed by atoms with Gasteiger partial charge in [-0.25, -0.2) is 0 Å². The summed E-state index contributed by atoms with van der Waals surface area (Å²) in [5.74, 6) is 0. The van der Waals surface area contributed by atoms with Crippen LogP contribution in [0.15, 0.2) is 52.3 Å². The molecule has 0 aliphatic carbocycles. The zero-order valence-corrected chi connectivity index (χ0v) is 15.3. The summed E-state index contributed by atoms with van der Waals surface area (Å²) in [5.41, 5.74) is 3.83. The molecule has 0 unspecified atom stereocenters. The molecule has 2 N–H and O–H groups in total. The number of piperazine rings is 1. The lowest BCUT2D eigenvalue weighted by molar-refractivity contribution is 0.113. The minimum absolute atomic E-state index is 0.267. The maximum Gasteiger partial charge on any atom is 0.0558 e. The third kappa shape index (κ3) is 4.01. The van der Waals surface area contributed by atoms with Gasteiger partial charge in [0.2, 0.25) is 0 Å². The molecular formula is C20H25N3OS. The first kappa shape index (κ1) is 16.9. The molecule has 1 saturated heterocycles. The molecule has 5 heteroatoms. The topological polar surface area (TPSA) is 38.7 Å². The van der Waals surface area contributed by atoms with Gasteiger partial charge in [-0.05, 0) is 36.2 Å². The number of benzene rings is 2. The molecule has 0 amide bonds. The number of aliphatic hydroxyl groups excluding tert-OH is 1. The van der Waals surface area contributed by atoms with Crippen LogP contribution in [0.2, 0.25) is 0 Å². The number of nitrogens with zero attached hydrogens (tertiary/aromatic N) is 2. The molecule has 2 aliphatic heterocycles. The van der Waals surface area contributed by atoms with Gasteiger partial charge in [0.1, 0.15) is 0 Å². The lowest BCUT2D eigenvalue weighted by atomic mass is 10.1. The molecule has 25 heavy (non-hydrogen) atoms. The highest BCUT2D eigenvalue weighted by molar-refractivity contribution is 7.99. The van der Waals surface area contributed by atoms with E-state index in [1.54, 1.807) is 0 Å². The van der Waals surface area contributed by atoms with Gasteiger partial charge < -0.3 is 15.3 Å². The lowest BCUT2D eigenvalue weighted by Gasteiger charge is -2.34. The Hall–Kier alpha value is -1.53. The average molecular weight is 356 g/mol. The van der Waals surface area contributed by atoms with Crippen molar-refractivity contribution >= 4 is 23.1 Å². The van der Waals surface area contributed by atoms with Crippen molar-refractivity contribution in [3.63, 3.8) is 0 Å². The van der Waals surface area contributed by atoms with E-state index >= 15 is 0 Å². The molecule has 2 heterocycles. The van der Waals surface area contributed by atoms with Crippen molar-refractivity contribution in [3.8, 4) is 0 Å². The van der Waals surface area contributed by atoms with E-state index in [0.29, 0.717) is 0 Å². The standard InChI is InChI=1S/C20H25N3OS/c24-14-13-23-11-9-22(10-12-23)8-7-16-5-6-20-18(15-16)21-17-3-1-2-4-19(17)25-20/h1-6,15,21,24H,7-14H2. The maximum absolute atomic E-state index is 9.03. The van der Waals surface area contributed by atoms with Crippen LogP contribution >= 0.6 is 11.8 Å². The molecule has 0 aromatic heterocycles. The Balaban J connectivity index is 1.34. The Morgan fingerprint density at radius 3 is 2.40 bits per heavy atom. The smallest absolute Gasteiger partial charge is 0.0558 e. The van der Waals surface area contributed by atoms with Gasteiger partial charge >= 0.3 is 0 Å². The zero-order chi connectivity index (χ0) is 17.1. The molecule has 2 aromatic carbocycles. The van der Waals surface area contributed by atoms with Gasteiger partial charge in [0.15, 0.2) is 0 Å². The van der Waals surface area contributed by atoms with Gasteiger partial charge in [-0.3, -0.25) is 4.90 Å². The quantitative estimate of drug-likeness (QED) is 0.736. The highest BCUT2D eigenvalue weighted by Crippen LogP contribution is 2.44. The molecule has 0 bridgehead atoms. The molecular weight excluding hydrogens is 330 g/mol. The first-order valence-corrected chi connectivity index (χ1v) is 9.86. The van der Waals surface area contributed by atoms with Crippen LogP contribution in [0.25, 0.3) is 0 Å². The lowest BCUT2D eigenvalue weighted by Crippen LogP contribution is -2.47. The van der Waals surface area contributed by atoms with Gasteiger partial charge in [0.05, 0.1) is 18.0 Å². The molecule has 0 atom stereocenters. The summed E-state index contributed by atoms with van der Waals surface area (Å²) < 4.78 is 0. The Bertz CT molecular complexity index is 729. The Labute approximate surface area is 153 Å². The van der Waals surface area contributed by atoms with Gasteiger partial charge in [-0.1, -0.05) is 30.0 Å². The second kappa shape index (κ2) is 7.79. The molecule has 132 valence electrons. The van der Waals surface area contributed by atoms with E-state index in [-0.39, 0.29) is 6.61 Å². The van der Waals surface area contributed by atoms with Gasteiger partial charge in [0.25, 0.3) is 0 Å². The largest absolute Gasteiger partial charge is 0.395 e. The van der Waals surface area contributed by atoms with E-state index in [4.69, 9.17) is 5.11 Å². The third-order valence-electron chi connectivity index (χ3n) is 5.02. The van der Waals surface area contributed by atoms with Crippen molar-refractivity contribution in [1.29, 1.82) is 0 Å². The number of fused-ring (bicyclic) bond motifs is 2. The van der Waals surface area contributed by atoms with Crippen molar-refractivity contribution < 1.29 is 5.11 Å². The highest BCUT2D eigenvalue weighted by atomic mass is 32.2. The van der Waals surface area contributed by atoms with E-state index in [1.165, 1.54) is 26.7 Å². The van der Waals surface area contributed by atoms with E-state index in [1.807, 2.05) is 11.8 Å². The second-order valence-electron chi connectivity index (χ2n) is 6.71. The normalized spacial score (nSPS) is 17.6. The molecule has 2 aliphatic rings. The number of nitrogens with one attached hydrogen (secondary N) is 1. The minimum atomic E-state index is 0.267. The Morgan fingerprint density at radius 2 is 1.60 bits per heavy atom. The van der Waals surface area contributed by atoms with E-state index in [0.717, 1.165) is 45.7 Å². The van der Waals surface area contributed by atoms with Crippen LogP contribution in [-0.2, 0) is 6.42 Å². The summed E-state index contributed by atoms with van der Waals surface area (Å²) in [6, 6.07) is 15.3. The van der Waals surface area contributed by atoms with Crippen molar-refractivity contribution in [1.82, 2.24) is 9.80 Å². The van der Waals surface area contributed by atoms with Crippen LogP contribution in [0.1, 0.15) is 5.56 Å². The molecule has 4 nitrogen and oxygen atoms in total. The number of anilines is 2. The van der Waals surface area contributed by atoms with Crippen LogP contribution in [0, 0.1) is 0 Å². The van der Waals surface area contributed by atoms with Crippen molar-refractivity contribution in [3.05, 3.63) is 48.0 Å². The Kier molecular flexibility index (Phi) is 5.27. The number of β-amino-alcohol motifs (C(OH)–C–C–N with tert-alkyl or cyclic N) is 1. The molecule has 2 aromatic rings. The van der Waals surface area contributed by atoms with Crippen molar-refractivity contribution in [2.45, 2.75) is 16.2 Å². The van der Waals surface area contributed by atoms with Crippen LogP contribution < -0.4 is 5.32 Å². The number of rotatable bonds is 5. The fraction of sp³-hybridized carbons (Fsp3) is 0.400. The number of hydrogen-bond acceptors (Lipinski definition) is 5. The SMILES string of the molecule is OCCN1CCN(CCc2ccc3c(c2)Nc2ccccc2S3)CC1. The number of para-hydroxylation sites is 1. The molecule has 0 spiro atoms. The van der Waals surface area contributed by atoms with E-state index in [9.17, 15) is 0 Å². The molecule has 4 rings (SSSR count). The summed E-state index contributed by atoms with van der Waals surface area (Å²) >= 11 is 1.84. The predicted molar refractivity (Wildman–Crippen MR) is 104 cm³/mol. The van der Waals surface area contributed by atoms with Crippen LogP contribution in [0.5, 0.6) is 0 Å². The minimum Gasteiger partial charge on any atom is -0.395 e. The Morgan fingerprint density at radius 1 is 0.880 bits per heavy atom. The van der Waals surface area contributed by atoms with E-state index in [2.05, 4.69) is 57.6 Å². The van der Waals surface area contributed by atoms with Crippen LogP contribution in [0.3, 0.4) is 0 Å². The zero-order valence-electron chi connectivity index (χ0n) is 14.4. The van der Waals surface area contributed by atoms with Crippen molar-refractivity contribution in [2.24, 2.45) is 0 Å². The van der Waals surface area contributed by atoms with Crippen LogP contribution in [0.4, 0.5) is 11.4 Å². The summed E-state index contributed by atoms with van der Waals surface area (Å²) in [4.78, 5) is 7.47. The fourth-order valence-corrected chi connectivity index (χ4v) is 4.48. The van der Waals surface area contributed by atoms with Crippen molar-refractivity contribution in [2.75, 3.05) is 51.2 Å². The summed E-state index contributed by atoms with van der Waals surface area (Å²) in [6.07, 6.45) is 1.08. The molecule has 0 saturated carbocycles. The monoisotopic (exact) mass is 355 g/mol. The first-order chi connectivity index (χ1) is 12.3.